The van der Waals surface area contributed by atoms with E-state index in [1.165, 1.54) is 12.8 Å². The monoisotopic (exact) mass is 306 g/mol. The Morgan fingerprint density at radius 3 is 2.73 bits per heavy atom. The number of aromatic nitrogens is 2. The molecule has 2 rings (SSSR count). The average molecular weight is 306 g/mol. The van der Waals surface area contributed by atoms with E-state index in [0.29, 0.717) is 5.41 Å². The Morgan fingerprint density at radius 1 is 1.50 bits per heavy atom. The Kier molecular flexibility index (Phi) is 4.98. The van der Waals surface area contributed by atoms with Gasteiger partial charge in [-0.05, 0) is 18.3 Å². The summed E-state index contributed by atoms with van der Waals surface area (Å²) in [4.78, 5) is 13.3. The van der Waals surface area contributed by atoms with Gasteiger partial charge in [0.15, 0.2) is 5.96 Å². The van der Waals surface area contributed by atoms with Crippen LogP contribution >= 0.6 is 0 Å². The van der Waals surface area contributed by atoms with E-state index in [-0.39, 0.29) is 0 Å². The van der Waals surface area contributed by atoms with Gasteiger partial charge in [-0.15, -0.1) is 0 Å². The molecule has 124 valence electrons. The van der Waals surface area contributed by atoms with Gasteiger partial charge in [0.2, 0.25) is 5.95 Å². The SMILES string of the molecule is CCC1(C)CCN(C(=NC)NCc2cnc(N(C)C)n2C)C1. The van der Waals surface area contributed by atoms with E-state index in [1.807, 2.05) is 39.3 Å². The van der Waals surface area contributed by atoms with E-state index in [4.69, 9.17) is 0 Å². The van der Waals surface area contributed by atoms with Crippen molar-refractivity contribution in [2.75, 3.05) is 39.1 Å². The van der Waals surface area contributed by atoms with Gasteiger partial charge in [-0.1, -0.05) is 13.8 Å². The fraction of sp³-hybridized carbons (Fsp3) is 0.750. The minimum absolute atomic E-state index is 0.419. The highest BCUT2D eigenvalue weighted by molar-refractivity contribution is 5.80. The van der Waals surface area contributed by atoms with Gasteiger partial charge >= 0.3 is 0 Å². The molecule has 6 heteroatoms. The molecule has 1 aromatic rings. The number of anilines is 1. The lowest BCUT2D eigenvalue weighted by molar-refractivity contribution is 0.322. The fourth-order valence-corrected chi connectivity index (χ4v) is 3.01. The zero-order valence-electron chi connectivity index (χ0n) is 14.8. The number of rotatable bonds is 4. The third-order valence-electron chi connectivity index (χ3n) is 4.81. The van der Waals surface area contributed by atoms with Crippen molar-refractivity contribution in [1.82, 2.24) is 19.8 Å². The fourth-order valence-electron chi connectivity index (χ4n) is 3.01. The maximum absolute atomic E-state index is 4.45. The lowest BCUT2D eigenvalue weighted by atomic mass is 9.87. The molecule has 1 atom stereocenters. The number of hydrogen-bond acceptors (Lipinski definition) is 3. The zero-order valence-corrected chi connectivity index (χ0v) is 14.8. The largest absolute Gasteiger partial charge is 0.351 e. The van der Waals surface area contributed by atoms with Gasteiger partial charge in [0.25, 0.3) is 0 Å². The van der Waals surface area contributed by atoms with E-state index in [9.17, 15) is 0 Å². The molecule has 6 nitrogen and oxygen atoms in total. The minimum atomic E-state index is 0.419. The number of aliphatic imine (C=N–C) groups is 1. The van der Waals surface area contributed by atoms with Crippen LogP contribution in [-0.4, -0.2) is 54.6 Å². The van der Waals surface area contributed by atoms with Crippen molar-refractivity contribution in [2.24, 2.45) is 17.5 Å². The van der Waals surface area contributed by atoms with Crippen LogP contribution < -0.4 is 10.2 Å². The number of guanidine groups is 1. The quantitative estimate of drug-likeness (QED) is 0.679. The predicted molar refractivity (Wildman–Crippen MR) is 92.3 cm³/mol. The lowest BCUT2D eigenvalue weighted by Gasteiger charge is -2.25. The standard InChI is InChI=1S/C16H30N6/c1-7-16(2)8-9-22(12-16)14(17-3)18-10-13-11-19-15(20(4)5)21(13)6/h11H,7-10,12H2,1-6H3,(H,17,18). The van der Waals surface area contributed by atoms with E-state index < -0.39 is 0 Å². The molecule has 1 saturated heterocycles. The van der Waals surface area contributed by atoms with Crippen LogP contribution in [0.2, 0.25) is 0 Å². The van der Waals surface area contributed by atoms with E-state index >= 15 is 0 Å². The third kappa shape index (κ3) is 3.36. The van der Waals surface area contributed by atoms with Crippen molar-refractivity contribution in [1.29, 1.82) is 0 Å². The summed E-state index contributed by atoms with van der Waals surface area (Å²) in [5, 5.41) is 3.48. The topological polar surface area (TPSA) is 48.7 Å². The molecule has 0 aromatic carbocycles. The highest BCUT2D eigenvalue weighted by Crippen LogP contribution is 2.32. The highest BCUT2D eigenvalue weighted by Gasteiger charge is 2.33. The van der Waals surface area contributed by atoms with Gasteiger partial charge in [0.05, 0.1) is 18.4 Å². The summed E-state index contributed by atoms with van der Waals surface area (Å²) in [6.07, 6.45) is 4.38. The first kappa shape index (κ1) is 16.6. The second-order valence-corrected chi connectivity index (χ2v) is 6.74. The van der Waals surface area contributed by atoms with Crippen LogP contribution in [0.5, 0.6) is 0 Å². The molecular formula is C16H30N6. The van der Waals surface area contributed by atoms with E-state index in [2.05, 4.69) is 38.6 Å². The summed E-state index contributed by atoms with van der Waals surface area (Å²) >= 11 is 0. The molecular weight excluding hydrogens is 276 g/mol. The molecule has 1 N–H and O–H groups in total. The van der Waals surface area contributed by atoms with Gasteiger partial charge in [-0.25, -0.2) is 4.98 Å². The Labute approximate surface area is 134 Å². The van der Waals surface area contributed by atoms with E-state index in [0.717, 1.165) is 37.2 Å². The Balaban J connectivity index is 1.98. The Bertz CT molecular complexity index is 533. The molecule has 0 spiro atoms. The smallest absolute Gasteiger partial charge is 0.204 e. The van der Waals surface area contributed by atoms with Crippen LogP contribution in [0.4, 0.5) is 5.95 Å². The third-order valence-corrected chi connectivity index (χ3v) is 4.81. The van der Waals surface area contributed by atoms with Gasteiger partial charge in [-0.2, -0.15) is 0 Å². The molecule has 0 bridgehead atoms. The summed E-state index contributed by atoms with van der Waals surface area (Å²) in [5.41, 5.74) is 1.57. The normalized spacial score (nSPS) is 22.3. The second-order valence-electron chi connectivity index (χ2n) is 6.74. The van der Waals surface area contributed by atoms with Crippen molar-refractivity contribution in [3.8, 4) is 0 Å². The first-order valence-corrected chi connectivity index (χ1v) is 8.03. The van der Waals surface area contributed by atoms with Crippen molar-refractivity contribution >= 4 is 11.9 Å². The molecule has 22 heavy (non-hydrogen) atoms. The van der Waals surface area contributed by atoms with Crippen molar-refractivity contribution in [3.05, 3.63) is 11.9 Å². The molecule has 1 fully saturated rings. The van der Waals surface area contributed by atoms with Crippen LogP contribution in [-0.2, 0) is 13.6 Å². The summed E-state index contributed by atoms with van der Waals surface area (Å²) in [6, 6.07) is 0. The number of imidazole rings is 1. The van der Waals surface area contributed by atoms with Gasteiger partial charge in [-0.3, -0.25) is 4.99 Å². The molecule has 0 amide bonds. The van der Waals surface area contributed by atoms with Crippen LogP contribution in [0.3, 0.4) is 0 Å². The lowest BCUT2D eigenvalue weighted by Crippen LogP contribution is -2.40. The maximum Gasteiger partial charge on any atom is 0.204 e. The number of hydrogen-bond donors (Lipinski definition) is 1. The van der Waals surface area contributed by atoms with Crippen molar-refractivity contribution in [2.45, 2.75) is 33.2 Å². The highest BCUT2D eigenvalue weighted by atomic mass is 15.3. The van der Waals surface area contributed by atoms with Crippen LogP contribution in [0, 0.1) is 5.41 Å². The van der Waals surface area contributed by atoms with Gasteiger partial charge in [0.1, 0.15) is 0 Å². The summed E-state index contributed by atoms with van der Waals surface area (Å²) in [6.45, 7) is 7.54. The summed E-state index contributed by atoms with van der Waals surface area (Å²) < 4.78 is 2.11. The Morgan fingerprint density at radius 2 is 2.23 bits per heavy atom. The minimum Gasteiger partial charge on any atom is -0.351 e. The van der Waals surface area contributed by atoms with Crippen molar-refractivity contribution in [3.63, 3.8) is 0 Å². The maximum atomic E-state index is 4.45. The molecule has 0 aliphatic carbocycles. The van der Waals surface area contributed by atoms with Crippen LogP contribution in [0.15, 0.2) is 11.2 Å². The molecule has 1 aromatic heterocycles. The van der Waals surface area contributed by atoms with Crippen LogP contribution in [0.25, 0.3) is 0 Å². The summed E-state index contributed by atoms with van der Waals surface area (Å²) in [5.74, 6) is 1.95. The van der Waals surface area contributed by atoms with Gasteiger partial charge < -0.3 is 19.7 Å². The number of nitrogens with zero attached hydrogens (tertiary/aromatic N) is 5. The first-order valence-electron chi connectivity index (χ1n) is 8.03. The molecule has 0 radical (unpaired) electrons. The molecule has 1 unspecified atom stereocenters. The number of likely N-dealkylation sites (tertiary alicyclic amines) is 1. The zero-order chi connectivity index (χ0) is 16.3. The van der Waals surface area contributed by atoms with Gasteiger partial charge in [0, 0.05) is 41.3 Å². The average Bonchev–Trinajstić information content (AvgIpc) is 3.05. The van der Waals surface area contributed by atoms with Crippen LogP contribution in [0.1, 0.15) is 32.4 Å². The molecule has 0 saturated carbocycles. The van der Waals surface area contributed by atoms with E-state index in [1.54, 1.807) is 0 Å². The molecule has 1 aliphatic rings. The Hall–Kier alpha value is -1.72. The second kappa shape index (κ2) is 6.58. The van der Waals surface area contributed by atoms with Crippen molar-refractivity contribution < 1.29 is 0 Å². The summed E-state index contributed by atoms with van der Waals surface area (Å²) in [7, 11) is 7.92. The first-order chi connectivity index (χ1) is 10.4. The number of nitrogens with one attached hydrogen (secondary N) is 1. The predicted octanol–water partition coefficient (Wildman–Crippen LogP) is 1.68. The molecule has 1 aliphatic heterocycles. The molecule has 2 heterocycles.